The van der Waals surface area contributed by atoms with Crippen LogP contribution in [0.25, 0.3) is 0 Å². The van der Waals surface area contributed by atoms with Crippen molar-refractivity contribution in [3.63, 3.8) is 0 Å². The Morgan fingerprint density at radius 2 is 2.19 bits per heavy atom. The van der Waals surface area contributed by atoms with E-state index in [9.17, 15) is 4.79 Å². The Balaban J connectivity index is 2.11. The van der Waals surface area contributed by atoms with Gasteiger partial charge in [0.15, 0.2) is 0 Å². The number of benzene rings is 1. The minimum Gasteiger partial charge on any atom is -0.395 e. The Morgan fingerprint density at radius 1 is 1.43 bits per heavy atom. The van der Waals surface area contributed by atoms with Gasteiger partial charge in [-0.1, -0.05) is 29.8 Å². The zero-order valence-electron chi connectivity index (χ0n) is 11.9. The highest BCUT2D eigenvalue weighted by atomic mass is 35.5. The molecule has 0 unspecified atom stereocenters. The number of carbonyl (C=O) groups is 1. The summed E-state index contributed by atoms with van der Waals surface area (Å²) in [5.74, 6) is -0.128. The molecule has 112 valence electrons. The summed E-state index contributed by atoms with van der Waals surface area (Å²) < 4.78 is 1.68. The van der Waals surface area contributed by atoms with E-state index in [2.05, 4.69) is 5.10 Å². The van der Waals surface area contributed by atoms with Gasteiger partial charge in [-0.25, -0.2) is 0 Å². The molecule has 1 aromatic carbocycles. The smallest absolute Gasteiger partial charge is 0.257 e. The van der Waals surface area contributed by atoms with Gasteiger partial charge >= 0.3 is 0 Å². The molecular weight excluding hydrogens is 290 g/mol. The maximum absolute atomic E-state index is 12.2. The molecule has 1 aromatic heterocycles. The van der Waals surface area contributed by atoms with E-state index in [0.29, 0.717) is 30.2 Å². The number of amides is 1. The van der Waals surface area contributed by atoms with E-state index < -0.39 is 0 Å². The number of likely N-dealkylation sites (N-methyl/N-ethyl adjacent to an activating group) is 1. The van der Waals surface area contributed by atoms with E-state index in [-0.39, 0.29) is 12.5 Å². The molecule has 2 rings (SSSR count). The molecule has 6 heteroatoms. The fraction of sp³-hybridized carbons (Fsp3) is 0.333. The lowest BCUT2D eigenvalue weighted by Gasteiger charge is -2.18. The van der Waals surface area contributed by atoms with Gasteiger partial charge in [0.05, 0.1) is 24.9 Å². The second-order valence-electron chi connectivity index (χ2n) is 4.63. The van der Waals surface area contributed by atoms with Crippen molar-refractivity contribution in [2.24, 2.45) is 0 Å². The molecule has 0 aliphatic carbocycles. The van der Waals surface area contributed by atoms with Crippen LogP contribution in [0.2, 0.25) is 5.02 Å². The van der Waals surface area contributed by atoms with Crippen LogP contribution in [0.5, 0.6) is 0 Å². The van der Waals surface area contributed by atoms with Crippen molar-refractivity contribution in [2.45, 2.75) is 13.5 Å². The number of rotatable bonds is 6. The van der Waals surface area contributed by atoms with Crippen molar-refractivity contribution < 1.29 is 9.90 Å². The molecule has 0 saturated heterocycles. The Morgan fingerprint density at radius 3 is 2.86 bits per heavy atom. The monoisotopic (exact) mass is 307 g/mol. The van der Waals surface area contributed by atoms with Crippen LogP contribution in [0, 0.1) is 0 Å². The predicted octanol–water partition coefficient (Wildman–Crippen LogP) is 2.04. The zero-order chi connectivity index (χ0) is 15.2. The normalized spacial score (nSPS) is 10.6. The molecule has 1 heterocycles. The molecule has 0 bridgehead atoms. The Bertz CT molecular complexity index is 612. The average Bonchev–Trinajstić information content (AvgIpc) is 2.95. The van der Waals surface area contributed by atoms with Gasteiger partial charge in [-0.2, -0.15) is 5.10 Å². The van der Waals surface area contributed by atoms with Crippen molar-refractivity contribution in [2.75, 3.05) is 19.7 Å². The summed E-state index contributed by atoms with van der Waals surface area (Å²) in [5, 5.41) is 13.8. The predicted molar refractivity (Wildman–Crippen MR) is 81.4 cm³/mol. The molecule has 1 amide bonds. The number of aromatic nitrogens is 2. The summed E-state index contributed by atoms with van der Waals surface area (Å²) >= 11 is 6.11. The van der Waals surface area contributed by atoms with Crippen molar-refractivity contribution in [1.82, 2.24) is 14.7 Å². The van der Waals surface area contributed by atoms with Crippen LogP contribution in [-0.2, 0) is 6.54 Å². The number of hydrogen-bond donors (Lipinski definition) is 1. The molecule has 0 spiro atoms. The van der Waals surface area contributed by atoms with Crippen LogP contribution in [0.3, 0.4) is 0 Å². The molecule has 0 atom stereocenters. The van der Waals surface area contributed by atoms with E-state index in [0.717, 1.165) is 5.56 Å². The lowest BCUT2D eigenvalue weighted by Crippen LogP contribution is -2.33. The highest BCUT2D eigenvalue weighted by molar-refractivity contribution is 6.31. The van der Waals surface area contributed by atoms with Gasteiger partial charge in [-0.15, -0.1) is 0 Å². The summed E-state index contributed by atoms with van der Waals surface area (Å²) in [6, 6.07) is 7.54. The van der Waals surface area contributed by atoms with E-state index in [1.807, 2.05) is 31.2 Å². The molecule has 5 nitrogen and oxygen atoms in total. The van der Waals surface area contributed by atoms with Crippen LogP contribution in [0.1, 0.15) is 22.8 Å². The number of hydrogen-bond acceptors (Lipinski definition) is 3. The number of aliphatic hydroxyl groups is 1. The molecule has 0 aliphatic heterocycles. The lowest BCUT2D eigenvalue weighted by atomic mass is 10.2. The van der Waals surface area contributed by atoms with Gasteiger partial charge < -0.3 is 10.0 Å². The van der Waals surface area contributed by atoms with Gasteiger partial charge in [0.2, 0.25) is 0 Å². The molecule has 0 fully saturated rings. The molecule has 0 radical (unpaired) electrons. The van der Waals surface area contributed by atoms with Crippen molar-refractivity contribution in [1.29, 1.82) is 0 Å². The first-order valence-electron chi connectivity index (χ1n) is 6.81. The highest BCUT2D eigenvalue weighted by Gasteiger charge is 2.15. The van der Waals surface area contributed by atoms with Gasteiger partial charge in [-0.05, 0) is 18.6 Å². The third-order valence-corrected chi connectivity index (χ3v) is 3.58. The first-order chi connectivity index (χ1) is 10.2. The molecule has 2 aromatic rings. The maximum Gasteiger partial charge on any atom is 0.257 e. The van der Waals surface area contributed by atoms with E-state index in [4.69, 9.17) is 16.7 Å². The van der Waals surface area contributed by atoms with Crippen LogP contribution in [0.4, 0.5) is 0 Å². The average molecular weight is 308 g/mol. The van der Waals surface area contributed by atoms with Gasteiger partial charge in [0.25, 0.3) is 5.91 Å². The van der Waals surface area contributed by atoms with Crippen molar-refractivity contribution >= 4 is 17.5 Å². The molecule has 0 saturated carbocycles. The minimum absolute atomic E-state index is 0.0483. The van der Waals surface area contributed by atoms with Crippen LogP contribution >= 0.6 is 11.6 Å². The van der Waals surface area contributed by atoms with E-state index >= 15 is 0 Å². The van der Waals surface area contributed by atoms with Crippen LogP contribution in [0.15, 0.2) is 36.7 Å². The number of carbonyl (C=O) groups excluding carboxylic acids is 1. The fourth-order valence-electron chi connectivity index (χ4n) is 2.07. The standard InChI is InChI=1S/C15H18ClN3O2/c1-2-18(7-8-20)15(21)13-9-17-19(11-13)10-12-5-3-4-6-14(12)16/h3-6,9,11,20H,2,7-8,10H2,1H3. The zero-order valence-corrected chi connectivity index (χ0v) is 12.6. The largest absolute Gasteiger partial charge is 0.395 e. The third-order valence-electron chi connectivity index (χ3n) is 3.21. The molecule has 0 aliphatic rings. The fourth-order valence-corrected chi connectivity index (χ4v) is 2.26. The van der Waals surface area contributed by atoms with Gasteiger partial charge in [0, 0.05) is 24.3 Å². The molecule has 1 N–H and O–H groups in total. The molecule has 21 heavy (non-hydrogen) atoms. The quantitative estimate of drug-likeness (QED) is 0.888. The minimum atomic E-state index is -0.128. The summed E-state index contributed by atoms with van der Waals surface area (Å²) in [6.07, 6.45) is 3.24. The van der Waals surface area contributed by atoms with Crippen LogP contribution in [-0.4, -0.2) is 45.4 Å². The van der Waals surface area contributed by atoms with E-state index in [1.54, 1.807) is 22.0 Å². The SMILES string of the molecule is CCN(CCO)C(=O)c1cnn(Cc2ccccc2Cl)c1. The van der Waals surface area contributed by atoms with E-state index in [1.165, 1.54) is 0 Å². The topological polar surface area (TPSA) is 58.4 Å². The number of aliphatic hydroxyl groups excluding tert-OH is 1. The lowest BCUT2D eigenvalue weighted by molar-refractivity contribution is 0.0732. The summed E-state index contributed by atoms with van der Waals surface area (Å²) in [5.41, 5.74) is 1.46. The highest BCUT2D eigenvalue weighted by Crippen LogP contribution is 2.16. The molecular formula is C15H18ClN3O2. The third kappa shape index (κ3) is 3.83. The van der Waals surface area contributed by atoms with Crippen molar-refractivity contribution in [3.8, 4) is 0 Å². The summed E-state index contributed by atoms with van der Waals surface area (Å²) in [4.78, 5) is 13.8. The first-order valence-corrected chi connectivity index (χ1v) is 7.19. The Kier molecular flexibility index (Phi) is 5.36. The first kappa shape index (κ1) is 15.5. The number of nitrogens with zero attached hydrogens (tertiary/aromatic N) is 3. The second kappa shape index (κ2) is 7.24. The Hall–Kier alpha value is -1.85. The van der Waals surface area contributed by atoms with Crippen molar-refractivity contribution in [3.05, 3.63) is 52.8 Å². The number of halogens is 1. The second-order valence-corrected chi connectivity index (χ2v) is 5.03. The van der Waals surface area contributed by atoms with Gasteiger partial charge in [-0.3, -0.25) is 9.48 Å². The summed E-state index contributed by atoms with van der Waals surface area (Å²) in [6.45, 7) is 3.22. The van der Waals surface area contributed by atoms with Gasteiger partial charge in [0.1, 0.15) is 0 Å². The van der Waals surface area contributed by atoms with Crippen LogP contribution < -0.4 is 0 Å². The summed E-state index contributed by atoms with van der Waals surface area (Å²) in [7, 11) is 0. The Labute approximate surface area is 128 Å². The maximum atomic E-state index is 12.2.